The zero-order valence-corrected chi connectivity index (χ0v) is 13.5. The van der Waals surface area contributed by atoms with Crippen LogP contribution in [-0.2, 0) is 4.74 Å². The maximum absolute atomic E-state index is 13.6. The number of rotatable bonds is 2. The van der Waals surface area contributed by atoms with E-state index in [0.717, 1.165) is 0 Å². The van der Waals surface area contributed by atoms with Gasteiger partial charge in [-0.05, 0) is 38.5 Å². The van der Waals surface area contributed by atoms with Crippen molar-refractivity contribution in [3.8, 4) is 0 Å². The van der Waals surface area contributed by atoms with Gasteiger partial charge in [-0.3, -0.25) is 4.79 Å². The van der Waals surface area contributed by atoms with Gasteiger partial charge in [0, 0.05) is 24.0 Å². The number of morpholine rings is 1. The zero-order chi connectivity index (χ0) is 14.9. The minimum absolute atomic E-state index is 0.0435. The van der Waals surface area contributed by atoms with E-state index >= 15 is 0 Å². The van der Waals surface area contributed by atoms with E-state index in [2.05, 4.69) is 15.9 Å². The molecule has 110 valence electrons. The highest BCUT2D eigenvalue weighted by Gasteiger charge is 2.35. The lowest BCUT2D eigenvalue weighted by atomic mass is 10.0. The van der Waals surface area contributed by atoms with Crippen LogP contribution in [0, 0.1) is 12.7 Å². The summed E-state index contributed by atoms with van der Waals surface area (Å²) in [5, 5.41) is 0.669. The van der Waals surface area contributed by atoms with Crippen LogP contribution in [0.15, 0.2) is 18.2 Å². The van der Waals surface area contributed by atoms with Crippen LogP contribution in [0.3, 0.4) is 0 Å². The quantitative estimate of drug-likeness (QED) is 0.772. The van der Waals surface area contributed by atoms with Crippen LogP contribution < -0.4 is 0 Å². The molecule has 1 atom stereocenters. The van der Waals surface area contributed by atoms with Gasteiger partial charge in [0.1, 0.15) is 5.82 Å². The topological polar surface area (TPSA) is 29.5 Å². The van der Waals surface area contributed by atoms with E-state index in [1.165, 1.54) is 6.07 Å². The SMILES string of the molecule is Cc1ccc(C(=O)N2CC(CBr)OC(C)(C)C2)cc1F. The van der Waals surface area contributed by atoms with Gasteiger partial charge < -0.3 is 9.64 Å². The second-order valence-electron chi connectivity index (χ2n) is 5.80. The number of amides is 1. The van der Waals surface area contributed by atoms with Crippen molar-refractivity contribution < 1.29 is 13.9 Å². The average molecular weight is 344 g/mol. The number of aryl methyl sites for hydroxylation is 1. The third kappa shape index (κ3) is 3.38. The smallest absolute Gasteiger partial charge is 0.254 e. The molecule has 0 saturated carbocycles. The Morgan fingerprint density at radius 3 is 2.85 bits per heavy atom. The summed E-state index contributed by atoms with van der Waals surface area (Å²) in [6, 6.07) is 4.62. The zero-order valence-electron chi connectivity index (χ0n) is 12.0. The van der Waals surface area contributed by atoms with Crippen molar-refractivity contribution in [2.75, 3.05) is 18.4 Å². The maximum Gasteiger partial charge on any atom is 0.254 e. The fraction of sp³-hybridized carbons (Fsp3) is 0.533. The van der Waals surface area contributed by atoms with E-state index in [0.29, 0.717) is 29.5 Å². The summed E-state index contributed by atoms with van der Waals surface area (Å²) in [5.41, 5.74) is 0.539. The first kappa shape index (κ1) is 15.4. The summed E-state index contributed by atoms with van der Waals surface area (Å²) >= 11 is 3.39. The van der Waals surface area contributed by atoms with E-state index in [-0.39, 0.29) is 17.8 Å². The summed E-state index contributed by atoms with van der Waals surface area (Å²) in [5.74, 6) is -0.494. The van der Waals surface area contributed by atoms with Crippen molar-refractivity contribution in [1.82, 2.24) is 4.90 Å². The van der Waals surface area contributed by atoms with Crippen molar-refractivity contribution in [3.63, 3.8) is 0 Å². The van der Waals surface area contributed by atoms with Crippen LogP contribution >= 0.6 is 15.9 Å². The first-order valence-corrected chi connectivity index (χ1v) is 7.74. The van der Waals surface area contributed by atoms with Crippen LogP contribution in [0.1, 0.15) is 29.8 Å². The molecule has 1 aliphatic rings. The van der Waals surface area contributed by atoms with Crippen molar-refractivity contribution in [3.05, 3.63) is 35.1 Å². The Kier molecular flexibility index (Phi) is 4.49. The second-order valence-corrected chi connectivity index (χ2v) is 6.45. The Balaban J connectivity index is 2.21. The van der Waals surface area contributed by atoms with Crippen LogP contribution in [0.4, 0.5) is 4.39 Å². The van der Waals surface area contributed by atoms with Gasteiger partial charge in [0.15, 0.2) is 0 Å². The molecule has 1 fully saturated rings. The summed E-state index contributed by atoms with van der Waals surface area (Å²) in [6.45, 7) is 6.62. The third-order valence-corrected chi connectivity index (χ3v) is 4.08. The Hall–Kier alpha value is -0.940. The fourth-order valence-corrected chi connectivity index (χ4v) is 2.78. The first-order valence-electron chi connectivity index (χ1n) is 6.61. The molecule has 0 spiro atoms. The van der Waals surface area contributed by atoms with E-state index in [4.69, 9.17) is 4.74 Å². The van der Waals surface area contributed by atoms with Crippen LogP contribution in [0.25, 0.3) is 0 Å². The molecule has 1 saturated heterocycles. The summed E-state index contributed by atoms with van der Waals surface area (Å²) < 4.78 is 19.5. The van der Waals surface area contributed by atoms with Gasteiger partial charge in [0.05, 0.1) is 11.7 Å². The first-order chi connectivity index (χ1) is 9.32. The lowest BCUT2D eigenvalue weighted by Crippen LogP contribution is -2.55. The molecule has 1 unspecified atom stereocenters. The molecule has 1 amide bonds. The molecule has 0 aromatic heterocycles. The van der Waals surface area contributed by atoms with Crippen LogP contribution in [-0.4, -0.2) is 40.9 Å². The number of carbonyl (C=O) groups is 1. The summed E-state index contributed by atoms with van der Waals surface area (Å²) in [4.78, 5) is 14.2. The third-order valence-electron chi connectivity index (χ3n) is 3.36. The molecule has 1 heterocycles. The number of ether oxygens (including phenoxy) is 1. The number of hydrogen-bond donors (Lipinski definition) is 0. The van der Waals surface area contributed by atoms with Crippen molar-refractivity contribution in [2.45, 2.75) is 32.5 Å². The summed E-state index contributed by atoms with van der Waals surface area (Å²) in [7, 11) is 0. The largest absolute Gasteiger partial charge is 0.368 e. The number of hydrogen-bond acceptors (Lipinski definition) is 2. The molecular weight excluding hydrogens is 325 g/mol. The van der Waals surface area contributed by atoms with Crippen molar-refractivity contribution in [1.29, 1.82) is 0 Å². The number of benzene rings is 1. The van der Waals surface area contributed by atoms with Crippen LogP contribution in [0.2, 0.25) is 0 Å². The monoisotopic (exact) mass is 343 g/mol. The predicted octanol–water partition coefficient (Wildman–Crippen LogP) is 3.15. The van der Waals surface area contributed by atoms with Crippen molar-refractivity contribution in [2.24, 2.45) is 0 Å². The van der Waals surface area contributed by atoms with Crippen LogP contribution in [0.5, 0.6) is 0 Å². The second kappa shape index (κ2) is 5.82. The predicted molar refractivity (Wildman–Crippen MR) is 79.8 cm³/mol. The summed E-state index contributed by atoms with van der Waals surface area (Å²) in [6.07, 6.45) is -0.0435. The number of halogens is 2. The Bertz CT molecular complexity index is 519. The minimum atomic E-state index is -0.393. The molecule has 1 aromatic carbocycles. The normalized spacial score (nSPS) is 21.9. The molecule has 0 bridgehead atoms. The molecule has 0 N–H and O–H groups in total. The van der Waals surface area contributed by atoms with Crippen molar-refractivity contribution >= 4 is 21.8 Å². The molecule has 0 radical (unpaired) electrons. The van der Waals surface area contributed by atoms with Gasteiger partial charge in [0.25, 0.3) is 5.91 Å². The van der Waals surface area contributed by atoms with Gasteiger partial charge in [-0.2, -0.15) is 0 Å². The van der Waals surface area contributed by atoms with E-state index in [1.54, 1.807) is 24.0 Å². The molecule has 20 heavy (non-hydrogen) atoms. The maximum atomic E-state index is 13.6. The Labute approximate surface area is 127 Å². The standard InChI is InChI=1S/C15H19BrFNO2/c1-10-4-5-11(6-13(10)17)14(19)18-8-12(7-16)20-15(2,3)9-18/h4-6,12H,7-9H2,1-3H3. The van der Waals surface area contributed by atoms with Gasteiger partial charge in [-0.15, -0.1) is 0 Å². The number of alkyl halides is 1. The Morgan fingerprint density at radius 2 is 2.25 bits per heavy atom. The molecule has 5 heteroatoms. The lowest BCUT2D eigenvalue weighted by molar-refractivity contribution is -0.116. The number of nitrogens with zero attached hydrogens (tertiary/aromatic N) is 1. The highest BCUT2D eigenvalue weighted by molar-refractivity contribution is 9.09. The molecule has 3 nitrogen and oxygen atoms in total. The van der Waals surface area contributed by atoms with E-state index < -0.39 is 5.60 Å². The molecule has 1 aliphatic heterocycles. The fourth-order valence-electron chi connectivity index (χ4n) is 2.44. The van der Waals surface area contributed by atoms with Gasteiger partial charge in [-0.1, -0.05) is 22.0 Å². The van der Waals surface area contributed by atoms with Gasteiger partial charge in [0.2, 0.25) is 0 Å². The van der Waals surface area contributed by atoms with Gasteiger partial charge >= 0.3 is 0 Å². The Morgan fingerprint density at radius 1 is 1.55 bits per heavy atom. The molecule has 0 aliphatic carbocycles. The molecular formula is C15H19BrFNO2. The van der Waals surface area contributed by atoms with Gasteiger partial charge in [-0.25, -0.2) is 4.39 Å². The average Bonchev–Trinajstić information content (AvgIpc) is 2.39. The number of carbonyl (C=O) groups excluding carboxylic acids is 1. The molecule has 1 aromatic rings. The lowest BCUT2D eigenvalue weighted by Gasteiger charge is -2.42. The van der Waals surface area contributed by atoms with E-state index in [9.17, 15) is 9.18 Å². The minimum Gasteiger partial charge on any atom is -0.368 e. The van der Waals surface area contributed by atoms with E-state index in [1.807, 2.05) is 13.8 Å². The highest BCUT2D eigenvalue weighted by atomic mass is 79.9. The molecule has 2 rings (SSSR count). The highest BCUT2D eigenvalue weighted by Crippen LogP contribution is 2.24.